The van der Waals surface area contributed by atoms with Gasteiger partial charge in [0.25, 0.3) is 0 Å². The predicted octanol–water partition coefficient (Wildman–Crippen LogP) is 4.29. The number of ether oxygens (including phenoxy) is 1. The molecule has 2 aromatic rings. The second-order valence-electron chi connectivity index (χ2n) is 10.7. The van der Waals surface area contributed by atoms with Gasteiger partial charge in [-0.05, 0) is 49.8 Å². The minimum Gasteiger partial charge on any atom is -0.497 e. The van der Waals surface area contributed by atoms with Crippen LogP contribution in [0.3, 0.4) is 0 Å². The maximum Gasteiger partial charge on any atom is 0.226 e. The van der Waals surface area contributed by atoms with Crippen molar-refractivity contribution in [1.82, 2.24) is 14.8 Å². The lowest BCUT2D eigenvalue weighted by Crippen LogP contribution is -2.56. The molecule has 0 unspecified atom stereocenters. The van der Waals surface area contributed by atoms with E-state index in [-0.39, 0.29) is 35.8 Å². The average Bonchev–Trinajstić information content (AvgIpc) is 3.29. The third kappa shape index (κ3) is 4.22. The number of hydrogen-bond donors (Lipinski definition) is 2. The van der Waals surface area contributed by atoms with Gasteiger partial charge in [-0.1, -0.05) is 26.2 Å². The number of rotatable bonds is 5. The van der Waals surface area contributed by atoms with Gasteiger partial charge in [0.15, 0.2) is 0 Å². The van der Waals surface area contributed by atoms with Crippen LogP contribution in [0.15, 0.2) is 18.2 Å². The van der Waals surface area contributed by atoms with Crippen LogP contribution in [0, 0.1) is 5.92 Å². The van der Waals surface area contributed by atoms with Gasteiger partial charge in [0.05, 0.1) is 19.8 Å². The van der Waals surface area contributed by atoms with Gasteiger partial charge in [-0.3, -0.25) is 9.59 Å². The molecule has 1 aliphatic carbocycles. The van der Waals surface area contributed by atoms with Gasteiger partial charge < -0.3 is 24.6 Å². The molecule has 35 heavy (non-hydrogen) atoms. The summed E-state index contributed by atoms with van der Waals surface area (Å²) >= 11 is 0. The fourth-order valence-corrected chi connectivity index (χ4v) is 6.79. The molecule has 0 bridgehead atoms. The highest BCUT2D eigenvalue weighted by Crippen LogP contribution is 2.49. The molecule has 1 aromatic heterocycles. The number of fused-ring (bicyclic) bond motifs is 4. The molecule has 0 radical (unpaired) electrons. The van der Waals surface area contributed by atoms with Crippen molar-refractivity contribution >= 4 is 22.7 Å². The first-order valence-corrected chi connectivity index (χ1v) is 13.4. The Labute approximate surface area is 207 Å². The van der Waals surface area contributed by atoms with Gasteiger partial charge in [0, 0.05) is 60.1 Å². The number of H-pyrrole nitrogens is 1. The molecule has 7 heteroatoms. The average molecular weight is 482 g/mol. The number of carbonyl (C=O) groups excluding carboxylic acids is 2. The Kier molecular flexibility index (Phi) is 6.80. The maximum absolute atomic E-state index is 13.8. The van der Waals surface area contributed by atoms with Crippen LogP contribution in [0.5, 0.6) is 5.75 Å². The van der Waals surface area contributed by atoms with Crippen molar-refractivity contribution in [2.75, 3.05) is 33.4 Å². The van der Waals surface area contributed by atoms with Crippen molar-refractivity contribution in [1.29, 1.82) is 0 Å². The van der Waals surface area contributed by atoms with E-state index in [4.69, 9.17) is 4.74 Å². The molecule has 1 spiro atoms. The number of aliphatic hydroxyl groups is 1. The van der Waals surface area contributed by atoms with Crippen LogP contribution < -0.4 is 4.74 Å². The van der Waals surface area contributed by atoms with E-state index in [0.717, 1.165) is 67.3 Å². The Morgan fingerprint density at radius 2 is 1.91 bits per heavy atom. The molecule has 2 fully saturated rings. The second kappa shape index (κ2) is 9.84. The van der Waals surface area contributed by atoms with Crippen molar-refractivity contribution < 1.29 is 19.4 Å². The summed E-state index contributed by atoms with van der Waals surface area (Å²) in [5.41, 5.74) is 2.92. The highest BCUT2D eigenvalue weighted by molar-refractivity contribution is 5.89. The Morgan fingerprint density at radius 1 is 1.17 bits per heavy atom. The molecular formula is C28H39N3O4. The van der Waals surface area contributed by atoms with Crippen LogP contribution >= 0.6 is 0 Å². The van der Waals surface area contributed by atoms with Crippen molar-refractivity contribution in [3.63, 3.8) is 0 Å². The number of piperidine rings is 1. The zero-order chi connectivity index (χ0) is 24.6. The number of likely N-dealkylation sites (tertiary alicyclic amines) is 1. The van der Waals surface area contributed by atoms with E-state index in [2.05, 4.69) is 11.1 Å². The number of benzene rings is 1. The number of nitrogens with zero attached hydrogens (tertiary/aromatic N) is 2. The monoisotopic (exact) mass is 481 g/mol. The van der Waals surface area contributed by atoms with E-state index in [1.54, 1.807) is 7.11 Å². The van der Waals surface area contributed by atoms with Gasteiger partial charge in [0.2, 0.25) is 11.8 Å². The van der Waals surface area contributed by atoms with Crippen molar-refractivity contribution in [2.24, 2.45) is 5.92 Å². The summed E-state index contributed by atoms with van der Waals surface area (Å²) < 4.78 is 5.47. The number of aliphatic hydroxyl groups excluding tert-OH is 1. The second-order valence-corrected chi connectivity index (χ2v) is 10.7. The largest absolute Gasteiger partial charge is 0.497 e. The molecule has 3 aliphatic rings. The fraction of sp³-hybridized carbons (Fsp3) is 0.643. The Hall–Kier alpha value is -2.54. The van der Waals surface area contributed by atoms with E-state index in [1.165, 1.54) is 12.0 Å². The van der Waals surface area contributed by atoms with E-state index >= 15 is 0 Å². The van der Waals surface area contributed by atoms with Gasteiger partial charge in [-0.2, -0.15) is 0 Å². The summed E-state index contributed by atoms with van der Waals surface area (Å²) in [6.45, 7) is 3.95. The van der Waals surface area contributed by atoms with Crippen molar-refractivity contribution in [3.05, 3.63) is 29.5 Å². The molecule has 1 atom stereocenters. The van der Waals surface area contributed by atoms with Gasteiger partial charge in [-0.15, -0.1) is 0 Å². The quantitative estimate of drug-likeness (QED) is 0.667. The zero-order valence-electron chi connectivity index (χ0n) is 21.1. The Balaban J connectivity index is 1.56. The van der Waals surface area contributed by atoms with Crippen LogP contribution in [0.1, 0.15) is 82.0 Å². The molecule has 2 N–H and O–H groups in total. The molecular weight excluding hydrogens is 442 g/mol. The topological polar surface area (TPSA) is 85.9 Å². The first-order chi connectivity index (χ1) is 17.0. The zero-order valence-corrected chi connectivity index (χ0v) is 21.1. The van der Waals surface area contributed by atoms with E-state index in [9.17, 15) is 14.7 Å². The number of aromatic nitrogens is 1. The summed E-state index contributed by atoms with van der Waals surface area (Å²) in [6, 6.07) is 5.72. The van der Waals surface area contributed by atoms with E-state index in [1.807, 2.05) is 28.9 Å². The molecule has 1 aromatic carbocycles. The highest BCUT2D eigenvalue weighted by atomic mass is 16.5. The SMILES string of the molecule is CCCC(=O)N1CCC2(CC1)CN(C(=O)C1CCCCC1)[C@@H](CO)c1[nH]c3cc(OC)ccc3c12. The highest BCUT2D eigenvalue weighted by Gasteiger charge is 2.49. The molecule has 1 saturated heterocycles. The molecule has 5 rings (SSSR count). The van der Waals surface area contributed by atoms with Crippen LogP contribution in [-0.4, -0.2) is 65.1 Å². The third-order valence-electron chi connectivity index (χ3n) is 8.70. The molecule has 190 valence electrons. The molecule has 3 heterocycles. The summed E-state index contributed by atoms with van der Waals surface area (Å²) in [6.07, 6.45) is 8.37. The smallest absolute Gasteiger partial charge is 0.226 e. The summed E-state index contributed by atoms with van der Waals surface area (Å²) in [5.74, 6) is 1.24. The summed E-state index contributed by atoms with van der Waals surface area (Å²) in [5, 5.41) is 11.7. The number of amides is 2. The van der Waals surface area contributed by atoms with Crippen LogP contribution in [-0.2, 0) is 15.0 Å². The van der Waals surface area contributed by atoms with Crippen LogP contribution in [0.25, 0.3) is 10.9 Å². The Morgan fingerprint density at radius 3 is 2.57 bits per heavy atom. The number of hydrogen-bond acceptors (Lipinski definition) is 4. The summed E-state index contributed by atoms with van der Waals surface area (Å²) in [4.78, 5) is 34.1. The number of aromatic amines is 1. The van der Waals surface area contributed by atoms with E-state index < -0.39 is 0 Å². The lowest BCUT2D eigenvalue weighted by molar-refractivity contribution is -0.144. The first kappa shape index (κ1) is 24.2. The number of methoxy groups -OCH3 is 1. The number of nitrogens with one attached hydrogen (secondary N) is 1. The molecule has 2 amide bonds. The van der Waals surface area contributed by atoms with Crippen molar-refractivity contribution in [2.45, 2.75) is 76.2 Å². The molecule has 7 nitrogen and oxygen atoms in total. The maximum atomic E-state index is 13.8. The van der Waals surface area contributed by atoms with Crippen LogP contribution in [0.4, 0.5) is 0 Å². The molecule has 1 saturated carbocycles. The summed E-state index contributed by atoms with van der Waals surface area (Å²) in [7, 11) is 1.66. The number of carbonyl (C=O) groups is 2. The fourth-order valence-electron chi connectivity index (χ4n) is 6.79. The normalized spacial score (nSPS) is 22.4. The van der Waals surface area contributed by atoms with E-state index in [0.29, 0.717) is 26.1 Å². The first-order valence-electron chi connectivity index (χ1n) is 13.4. The standard InChI is InChI=1S/C28H39N3O4/c1-3-7-24(33)30-14-12-28(13-15-30)18-31(27(34)19-8-5-4-6-9-19)23(17-32)26-25(28)21-11-10-20(35-2)16-22(21)29-26/h10-11,16,19,23,29,32H,3-9,12-15,17-18H2,1-2H3/t23-/m0/s1. The lowest BCUT2D eigenvalue weighted by Gasteiger charge is -2.51. The Bertz CT molecular complexity index is 1080. The third-order valence-corrected chi connectivity index (χ3v) is 8.70. The van der Waals surface area contributed by atoms with Gasteiger partial charge >= 0.3 is 0 Å². The van der Waals surface area contributed by atoms with Gasteiger partial charge in [-0.25, -0.2) is 0 Å². The minimum atomic E-state index is -0.372. The van der Waals surface area contributed by atoms with Gasteiger partial charge in [0.1, 0.15) is 5.75 Å². The lowest BCUT2D eigenvalue weighted by atomic mass is 9.68. The molecule has 2 aliphatic heterocycles. The van der Waals surface area contributed by atoms with Crippen LogP contribution in [0.2, 0.25) is 0 Å². The minimum absolute atomic E-state index is 0.0482. The predicted molar refractivity (Wildman–Crippen MR) is 135 cm³/mol. The van der Waals surface area contributed by atoms with Crippen molar-refractivity contribution in [3.8, 4) is 5.75 Å².